The molecule has 1 aliphatic carbocycles. The Morgan fingerprint density at radius 1 is 1.33 bits per heavy atom. The lowest BCUT2D eigenvalue weighted by atomic mass is 9.86. The largest absolute Gasteiger partial charge is 0.363 e. The maximum Gasteiger partial charge on any atom is 0.143 e. The fraction of sp³-hybridized carbons (Fsp3) is 0.923. The third kappa shape index (κ3) is 5.18. The maximum atomic E-state index is 8.70. The van der Waals surface area contributed by atoms with E-state index in [4.69, 9.17) is 10.00 Å². The van der Waals surface area contributed by atoms with Gasteiger partial charge in [0, 0.05) is 6.61 Å². The summed E-state index contributed by atoms with van der Waals surface area (Å²) in [6, 6.07) is 2.17. The molecule has 1 saturated carbocycles. The third-order valence-corrected chi connectivity index (χ3v) is 3.32. The van der Waals surface area contributed by atoms with E-state index in [2.05, 4.69) is 6.07 Å². The molecule has 1 rings (SSSR count). The normalized spacial score (nSPS) is 19.7. The van der Waals surface area contributed by atoms with Crippen LogP contribution in [0.2, 0.25) is 0 Å². The molecule has 0 radical (unpaired) electrons. The quantitative estimate of drug-likeness (QED) is 0.625. The summed E-state index contributed by atoms with van der Waals surface area (Å²) >= 11 is 0. The molecule has 0 aromatic rings. The van der Waals surface area contributed by atoms with Crippen LogP contribution in [-0.2, 0) is 4.74 Å². The van der Waals surface area contributed by atoms with Crippen LogP contribution in [0.25, 0.3) is 0 Å². The molecular formula is C13H23NO. The summed E-state index contributed by atoms with van der Waals surface area (Å²) in [5.74, 6) is 0.935. The van der Waals surface area contributed by atoms with Gasteiger partial charge < -0.3 is 4.74 Å². The van der Waals surface area contributed by atoms with Gasteiger partial charge in [0.1, 0.15) is 6.10 Å². The highest BCUT2D eigenvalue weighted by Gasteiger charge is 2.13. The predicted octanol–water partition coefficient (Wildman–Crippen LogP) is 3.67. The van der Waals surface area contributed by atoms with E-state index >= 15 is 0 Å². The van der Waals surface area contributed by atoms with E-state index in [-0.39, 0.29) is 6.10 Å². The van der Waals surface area contributed by atoms with Gasteiger partial charge in [0.2, 0.25) is 0 Å². The van der Waals surface area contributed by atoms with E-state index < -0.39 is 0 Å². The van der Waals surface area contributed by atoms with Crippen molar-refractivity contribution in [3.05, 3.63) is 0 Å². The van der Waals surface area contributed by atoms with Gasteiger partial charge >= 0.3 is 0 Å². The number of nitriles is 1. The van der Waals surface area contributed by atoms with Crippen molar-refractivity contribution in [1.82, 2.24) is 0 Å². The molecule has 1 aliphatic rings. The SMILES string of the molecule is CCC(C#N)OCCCC1CCCCC1. The first-order valence-corrected chi connectivity index (χ1v) is 6.38. The maximum absolute atomic E-state index is 8.70. The Balaban J connectivity index is 1.98. The Bertz CT molecular complexity index is 191. The summed E-state index contributed by atoms with van der Waals surface area (Å²) in [7, 11) is 0. The van der Waals surface area contributed by atoms with Gasteiger partial charge in [0.05, 0.1) is 6.07 Å². The highest BCUT2D eigenvalue weighted by Crippen LogP contribution is 2.27. The smallest absolute Gasteiger partial charge is 0.143 e. The standard InChI is InChI=1S/C13H23NO/c1-2-13(11-14)15-10-6-9-12-7-4-3-5-8-12/h12-13H,2-10H2,1H3. The minimum absolute atomic E-state index is 0.184. The Hall–Kier alpha value is -0.550. The molecule has 2 heteroatoms. The second-order valence-electron chi connectivity index (χ2n) is 4.54. The molecule has 0 spiro atoms. The van der Waals surface area contributed by atoms with E-state index in [1.54, 1.807) is 0 Å². The van der Waals surface area contributed by atoms with E-state index in [0.29, 0.717) is 0 Å². The summed E-state index contributed by atoms with van der Waals surface area (Å²) in [5, 5.41) is 8.70. The van der Waals surface area contributed by atoms with E-state index in [1.165, 1.54) is 38.5 Å². The minimum Gasteiger partial charge on any atom is -0.363 e. The van der Waals surface area contributed by atoms with Crippen LogP contribution in [0.1, 0.15) is 58.3 Å². The fourth-order valence-corrected chi connectivity index (χ4v) is 2.32. The summed E-state index contributed by atoms with van der Waals surface area (Å²) in [4.78, 5) is 0. The van der Waals surface area contributed by atoms with Gasteiger partial charge in [-0.1, -0.05) is 39.0 Å². The average Bonchev–Trinajstić information content (AvgIpc) is 2.31. The van der Waals surface area contributed by atoms with Crippen molar-refractivity contribution < 1.29 is 4.74 Å². The van der Waals surface area contributed by atoms with Gasteiger partial charge in [-0.2, -0.15) is 5.26 Å². The number of ether oxygens (including phenoxy) is 1. The van der Waals surface area contributed by atoms with Crippen LogP contribution < -0.4 is 0 Å². The van der Waals surface area contributed by atoms with Crippen molar-refractivity contribution in [2.75, 3.05) is 6.61 Å². The van der Waals surface area contributed by atoms with Crippen molar-refractivity contribution >= 4 is 0 Å². The first-order valence-electron chi connectivity index (χ1n) is 6.38. The van der Waals surface area contributed by atoms with E-state index in [1.807, 2.05) is 6.92 Å². The zero-order chi connectivity index (χ0) is 10.9. The lowest BCUT2D eigenvalue weighted by Crippen LogP contribution is -2.12. The summed E-state index contributed by atoms with van der Waals surface area (Å²) in [6.45, 7) is 2.76. The molecule has 0 N–H and O–H groups in total. The number of rotatable bonds is 6. The predicted molar refractivity (Wildman–Crippen MR) is 61.5 cm³/mol. The molecule has 1 unspecified atom stereocenters. The van der Waals surface area contributed by atoms with Gasteiger partial charge in [-0.25, -0.2) is 0 Å². The van der Waals surface area contributed by atoms with Crippen LogP contribution in [-0.4, -0.2) is 12.7 Å². The van der Waals surface area contributed by atoms with E-state index in [0.717, 1.165) is 25.4 Å². The highest BCUT2D eigenvalue weighted by molar-refractivity contribution is 4.82. The number of nitrogens with zero attached hydrogens (tertiary/aromatic N) is 1. The topological polar surface area (TPSA) is 33.0 Å². The lowest BCUT2D eigenvalue weighted by Gasteiger charge is -2.21. The molecule has 0 bridgehead atoms. The average molecular weight is 209 g/mol. The zero-order valence-corrected chi connectivity index (χ0v) is 9.87. The molecule has 1 fully saturated rings. The minimum atomic E-state index is -0.184. The monoisotopic (exact) mass is 209 g/mol. The molecule has 2 nitrogen and oxygen atoms in total. The number of hydrogen-bond acceptors (Lipinski definition) is 2. The molecule has 0 aromatic carbocycles. The summed E-state index contributed by atoms with van der Waals surface area (Å²) in [5.41, 5.74) is 0. The second-order valence-corrected chi connectivity index (χ2v) is 4.54. The van der Waals surface area contributed by atoms with Crippen LogP contribution in [0.5, 0.6) is 0 Å². The Morgan fingerprint density at radius 2 is 2.07 bits per heavy atom. The van der Waals surface area contributed by atoms with Crippen LogP contribution in [0.4, 0.5) is 0 Å². The second kappa shape index (κ2) is 7.70. The van der Waals surface area contributed by atoms with Gasteiger partial charge in [-0.3, -0.25) is 0 Å². The first-order chi connectivity index (χ1) is 7.36. The van der Waals surface area contributed by atoms with Crippen LogP contribution in [0.3, 0.4) is 0 Å². The highest BCUT2D eigenvalue weighted by atomic mass is 16.5. The fourth-order valence-electron chi connectivity index (χ4n) is 2.32. The summed E-state index contributed by atoms with van der Waals surface area (Å²) in [6.07, 6.45) is 10.1. The molecule has 0 heterocycles. The molecule has 15 heavy (non-hydrogen) atoms. The lowest BCUT2D eigenvalue weighted by molar-refractivity contribution is 0.0808. The molecular weight excluding hydrogens is 186 g/mol. The van der Waals surface area contributed by atoms with Crippen molar-refractivity contribution in [3.8, 4) is 6.07 Å². The molecule has 0 saturated heterocycles. The third-order valence-electron chi connectivity index (χ3n) is 3.32. The molecule has 0 aliphatic heterocycles. The van der Waals surface area contributed by atoms with Crippen molar-refractivity contribution in [1.29, 1.82) is 5.26 Å². The Morgan fingerprint density at radius 3 is 2.67 bits per heavy atom. The van der Waals surface area contributed by atoms with Crippen LogP contribution in [0, 0.1) is 17.2 Å². The first kappa shape index (κ1) is 12.5. The van der Waals surface area contributed by atoms with Gasteiger partial charge in [-0.15, -0.1) is 0 Å². The van der Waals surface area contributed by atoms with Crippen molar-refractivity contribution in [2.45, 2.75) is 64.4 Å². The van der Waals surface area contributed by atoms with Gasteiger partial charge in [0.25, 0.3) is 0 Å². The van der Waals surface area contributed by atoms with Crippen molar-refractivity contribution in [3.63, 3.8) is 0 Å². The number of hydrogen-bond donors (Lipinski definition) is 0. The van der Waals surface area contributed by atoms with Crippen LogP contribution in [0.15, 0.2) is 0 Å². The molecule has 0 amide bonds. The molecule has 1 atom stereocenters. The Kier molecular flexibility index (Phi) is 6.43. The zero-order valence-electron chi connectivity index (χ0n) is 9.87. The van der Waals surface area contributed by atoms with E-state index in [9.17, 15) is 0 Å². The van der Waals surface area contributed by atoms with Gasteiger partial charge in [-0.05, 0) is 25.2 Å². The summed E-state index contributed by atoms with van der Waals surface area (Å²) < 4.78 is 5.47. The van der Waals surface area contributed by atoms with Gasteiger partial charge in [0.15, 0.2) is 0 Å². The Labute approximate surface area is 93.6 Å². The molecule has 86 valence electrons. The van der Waals surface area contributed by atoms with Crippen molar-refractivity contribution in [2.24, 2.45) is 5.92 Å². The molecule has 0 aromatic heterocycles. The van der Waals surface area contributed by atoms with Crippen LogP contribution >= 0.6 is 0 Å².